The number of hydrogen-bond donors (Lipinski definition) is 0. The third-order valence-electron chi connectivity index (χ3n) is 2.95. The van der Waals surface area contributed by atoms with Crippen LogP contribution in [0.25, 0.3) is 11.3 Å². The van der Waals surface area contributed by atoms with E-state index in [0.717, 1.165) is 5.69 Å². The smallest absolute Gasteiger partial charge is 0 e. The molecule has 91 valence electrons. The second-order valence-corrected chi connectivity index (χ2v) is 5.41. The zero-order chi connectivity index (χ0) is 12.5. The van der Waals surface area contributed by atoms with Crippen molar-refractivity contribution in [3.8, 4) is 11.3 Å². The van der Waals surface area contributed by atoms with Crippen LogP contribution in [0.4, 0.5) is 0 Å². The minimum absolute atomic E-state index is 0. The molecule has 2 rings (SSSR count). The second-order valence-electron chi connectivity index (χ2n) is 5.41. The summed E-state index contributed by atoms with van der Waals surface area (Å²) in [6.45, 7) is 8.82. The van der Waals surface area contributed by atoms with E-state index in [2.05, 4.69) is 56.9 Å². The van der Waals surface area contributed by atoms with E-state index < -0.39 is 0 Å². The van der Waals surface area contributed by atoms with Crippen LogP contribution in [-0.2, 0) is 38.1 Å². The summed E-state index contributed by atoms with van der Waals surface area (Å²) in [4.78, 5) is 4.35. The number of aromatic nitrogens is 1. The molecule has 18 heavy (non-hydrogen) atoms. The first-order valence-electron chi connectivity index (χ1n) is 5.93. The van der Waals surface area contributed by atoms with Crippen molar-refractivity contribution < 1.29 is 32.7 Å². The SMILES string of the molecule is Cc1cc(C(C)(C)C)ccc1-c1[c-]cccn1.[Y]. The van der Waals surface area contributed by atoms with Gasteiger partial charge in [0.1, 0.15) is 0 Å². The molecule has 2 aromatic rings. The monoisotopic (exact) mass is 313 g/mol. The predicted molar refractivity (Wildman–Crippen MR) is 71.9 cm³/mol. The molecule has 0 aliphatic heterocycles. The van der Waals surface area contributed by atoms with Gasteiger partial charge in [0, 0.05) is 32.7 Å². The molecule has 0 bridgehead atoms. The first-order chi connectivity index (χ1) is 7.98. The normalized spacial score (nSPS) is 10.9. The summed E-state index contributed by atoms with van der Waals surface area (Å²) in [6.07, 6.45) is 1.81. The standard InChI is InChI=1S/C16H18N.Y/c1-12-11-13(16(2,3)4)8-9-14(12)15-7-5-6-10-17-15;/h5-6,8-11H,1-4H3;/q-1;. The maximum Gasteiger partial charge on any atom is 0 e. The van der Waals surface area contributed by atoms with Crippen LogP contribution in [0.2, 0.25) is 0 Å². The zero-order valence-corrected chi connectivity index (χ0v) is 14.3. The molecule has 0 amide bonds. The van der Waals surface area contributed by atoms with Gasteiger partial charge in [-0.2, -0.15) is 12.1 Å². The van der Waals surface area contributed by atoms with Gasteiger partial charge in [-0.05, 0) is 22.9 Å². The van der Waals surface area contributed by atoms with Crippen LogP contribution < -0.4 is 0 Å². The number of nitrogens with zero attached hydrogens (tertiary/aromatic N) is 1. The number of pyridine rings is 1. The summed E-state index contributed by atoms with van der Waals surface area (Å²) in [5, 5.41) is 0. The van der Waals surface area contributed by atoms with Gasteiger partial charge in [-0.15, -0.1) is 12.1 Å². The van der Waals surface area contributed by atoms with Crippen molar-refractivity contribution in [3.05, 3.63) is 53.7 Å². The van der Waals surface area contributed by atoms with Crippen molar-refractivity contribution in [2.75, 3.05) is 0 Å². The van der Waals surface area contributed by atoms with Crippen LogP contribution in [-0.4, -0.2) is 4.98 Å². The van der Waals surface area contributed by atoms with E-state index in [9.17, 15) is 0 Å². The van der Waals surface area contributed by atoms with Gasteiger partial charge < -0.3 is 0 Å². The quantitative estimate of drug-likeness (QED) is 0.721. The molecule has 0 aliphatic carbocycles. The maximum absolute atomic E-state index is 4.35. The molecule has 0 saturated heterocycles. The largest absolute Gasteiger partial charge is 0.296 e. The van der Waals surface area contributed by atoms with Crippen LogP contribution in [0.1, 0.15) is 31.9 Å². The van der Waals surface area contributed by atoms with Gasteiger partial charge in [0.05, 0.1) is 0 Å². The van der Waals surface area contributed by atoms with Crippen molar-refractivity contribution in [2.24, 2.45) is 0 Å². The zero-order valence-electron chi connectivity index (χ0n) is 11.5. The Morgan fingerprint density at radius 3 is 2.39 bits per heavy atom. The summed E-state index contributed by atoms with van der Waals surface area (Å²) in [6, 6.07) is 13.5. The first-order valence-corrected chi connectivity index (χ1v) is 5.93. The van der Waals surface area contributed by atoms with Crippen molar-refractivity contribution in [2.45, 2.75) is 33.1 Å². The summed E-state index contributed by atoms with van der Waals surface area (Å²) in [7, 11) is 0. The van der Waals surface area contributed by atoms with Crippen LogP contribution in [0.15, 0.2) is 36.5 Å². The van der Waals surface area contributed by atoms with E-state index in [4.69, 9.17) is 0 Å². The van der Waals surface area contributed by atoms with Crippen LogP contribution in [0.3, 0.4) is 0 Å². The van der Waals surface area contributed by atoms with Gasteiger partial charge in [-0.1, -0.05) is 51.0 Å². The topological polar surface area (TPSA) is 12.9 Å². The van der Waals surface area contributed by atoms with E-state index in [0.29, 0.717) is 0 Å². The molecule has 0 fully saturated rings. The van der Waals surface area contributed by atoms with E-state index in [1.54, 1.807) is 0 Å². The Bertz CT molecular complexity index is 512. The van der Waals surface area contributed by atoms with Crippen molar-refractivity contribution in [1.29, 1.82) is 0 Å². The average Bonchev–Trinajstić information content (AvgIpc) is 2.29. The third kappa shape index (κ3) is 3.49. The Kier molecular flexibility index (Phi) is 5.24. The Morgan fingerprint density at radius 1 is 1.17 bits per heavy atom. The minimum Gasteiger partial charge on any atom is -0.296 e. The van der Waals surface area contributed by atoms with Crippen LogP contribution in [0.5, 0.6) is 0 Å². The molecule has 0 spiro atoms. The van der Waals surface area contributed by atoms with E-state index in [-0.39, 0.29) is 38.1 Å². The fourth-order valence-electron chi connectivity index (χ4n) is 1.87. The van der Waals surface area contributed by atoms with Crippen molar-refractivity contribution >= 4 is 0 Å². The first kappa shape index (κ1) is 15.5. The molecule has 1 aromatic heterocycles. The molecule has 0 saturated carbocycles. The molecule has 0 atom stereocenters. The predicted octanol–water partition coefficient (Wildman–Crippen LogP) is 4.15. The maximum atomic E-state index is 4.35. The summed E-state index contributed by atoms with van der Waals surface area (Å²) in [5.74, 6) is 0. The van der Waals surface area contributed by atoms with E-state index in [1.807, 2.05) is 18.3 Å². The van der Waals surface area contributed by atoms with Gasteiger partial charge in [0.2, 0.25) is 0 Å². The fraction of sp³-hybridized carbons (Fsp3) is 0.312. The molecule has 1 aromatic carbocycles. The molecule has 2 heteroatoms. The number of hydrogen-bond acceptors (Lipinski definition) is 1. The molecule has 0 N–H and O–H groups in total. The minimum atomic E-state index is 0. The molecule has 1 heterocycles. The van der Waals surface area contributed by atoms with Gasteiger partial charge >= 0.3 is 0 Å². The average molecular weight is 313 g/mol. The number of aryl methyl sites for hydroxylation is 1. The summed E-state index contributed by atoms with van der Waals surface area (Å²) >= 11 is 0. The Balaban J connectivity index is 0.00000162. The van der Waals surface area contributed by atoms with Crippen LogP contribution >= 0.6 is 0 Å². The molecular weight excluding hydrogens is 295 g/mol. The molecule has 0 unspecified atom stereocenters. The Hall–Kier alpha value is -0.526. The Morgan fingerprint density at radius 2 is 1.89 bits per heavy atom. The van der Waals surface area contributed by atoms with Gasteiger partial charge in [0.15, 0.2) is 0 Å². The van der Waals surface area contributed by atoms with Crippen LogP contribution in [0, 0.1) is 13.0 Å². The third-order valence-corrected chi connectivity index (χ3v) is 2.95. The van der Waals surface area contributed by atoms with Gasteiger partial charge in [0.25, 0.3) is 0 Å². The van der Waals surface area contributed by atoms with Gasteiger partial charge in [-0.25, -0.2) is 0 Å². The molecule has 1 radical (unpaired) electrons. The summed E-state index contributed by atoms with van der Waals surface area (Å²) in [5.41, 5.74) is 4.89. The second kappa shape index (κ2) is 6.08. The van der Waals surface area contributed by atoms with Crippen molar-refractivity contribution in [1.82, 2.24) is 4.98 Å². The fourth-order valence-corrected chi connectivity index (χ4v) is 1.87. The molecule has 1 nitrogen and oxygen atoms in total. The van der Waals surface area contributed by atoms with E-state index in [1.165, 1.54) is 16.7 Å². The van der Waals surface area contributed by atoms with E-state index >= 15 is 0 Å². The van der Waals surface area contributed by atoms with Gasteiger partial charge in [-0.3, -0.25) is 4.98 Å². The van der Waals surface area contributed by atoms with Crippen molar-refractivity contribution in [3.63, 3.8) is 0 Å². The number of benzene rings is 1. The Labute approximate surface area is 135 Å². The summed E-state index contributed by atoms with van der Waals surface area (Å²) < 4.78 is 0. The molecular formula is C16H18NY-. The number of rotatable bonds is 1. The molecule has 0 aliphatic rings.